The maximum absolute atomic E-state index is 11.8. The van der Waals surface area contributed by atoms with E-state index in [4.69, 9.17) is 0 Å². The molecule has 0 radical (unpaired) electrons. The van der Waals surface area contributed by atoms with Crippen molar-refractivity contribution in [2.45, 2.75) is 38.5 Å². The van der Waals surface area contributed by atoms with Crippen LogP contribution in [0, 0.1) is 5.92 Å². The Morgan fingerprint density at radius 2 is 2.06 bits per heavy atom. The molecule has 2 nitrogen and oxygen atoms in total. The Bertz CT molecular complexity index is 360. The lowest BCUT2D eigenvalue weighted by atomic mass is 10.1. The van der Waals surface area contributed by atoms with Gasteiger partial charge < -0.3 is 5.32 Å². The van der Waals surface area contributed by atoms with Crippen molar-refractivity contribution >= 4 is 5.91 Å². The van der Waals surface area contributed by atoms with Gasteiger partial charge in [0.1, 0.15) is 0 Å². The normalized spacial score (nSPS) is 22.2. The molecule has 1 saturated carbocycles. The van der Waals surface area contributed by atoms with E-state index in [9.17, 15) is 4.79 Å². The van der Waals surface area contributed by atoms with Crippen LogP contribution in [0.5, 0.6) is 0 Å². The fourth-order valence-corrected chi connectivity index (χ4v) is 2.27. The third-order valence-electron chi connectivity index (χ3n) is 3.43. The van der Waals surface area contributed by atoms with Crippen molar-refractivity contribution in [1.29, 1.82) is 0 Å². The van der Waals surface area contributed by atoms with Crippen molar-refractivity contribution in [2.24, 2.45) is 5.92 Å². The summed E-state index contributed by atoms with van der Waals surface area (Å²) in [6, 6.07) is 10.4. The van der Waals surface area contributed by atoms with Crippen molar-refractivity contribution in [3.63, 3.8) is 0 Å². The highest BCUT2D eigenvalue weighted by Gasteiger charge is 2.43. The molecule has 1 amide bonds. The molecule has 1 aromatic carbocycles. The van der Waals surface area contributed by atoms with Crippen LogP contribution in [-0.4, -0.2) is 12.5 Å². The smallest absolute Gasteiger partial charge is 0.223 e. The molecule has 92 valence electrons. The molecule has 1 fully saturated rings. The summed E-state index contributed by atoms with van der Waals surface area (Å²) in [6.45, 7) is 3.01. The zero-order valence-corrected chi connectivity index (χ0v) is 10.5. The van der Waals surface area contributed by atoms with Crippen LogP contribution < -0.4 is 5.32 Å². The molecule has 0 aliphatic heterocycles. The van der Waals surface area contributed by atoms with Gasteiger partial charge in [-0.3, -0.25) is 4.79 Å². The summed E-state index contributed by atoms with van der Waals surface area (Å²) in [4.78, 5) is 11.8. The molecule has 1 aliphatic rings. The van der Waals surface area contributed by atoms with E-state index >= 15 is 0 Å². The SMILES string of the molecule is CCCCCNC(=O)C1CC1c1ccccc1. The van der Waals surface area contributed by atoms with Crippen molar-refractivity contribution in [3.05, 3.63) is 35.9 Å². The molecule has 0 spiro atoms. The largest absolute Gasteiger partial charge is 0.356 e. The number of benzene rings is 1. The molecule has 0 saturated heterocycles. The molecule has 1 aliphatic carbocycles. The summed E-state index contributed by atoms with van der Waals surface area (Å²) in [5.74, 6) is 0.927. The average Bonchev–Trinajstić information content (AvgIpc) is 3.16. The number of amides is 1. The van der Waals surface area contributed by atoms with Gasteiger partial charge in [-0.1, -0.05) is 50.1 Å². The maximum Gasteiger partial charge on any atom is 0.223 e. The van der Waals surface area contributed by atoms with E-state index in [1.165, 1.54) is 18.4 Å². The molecule has 2 atom stereocenters. The van der Waals surface area contributed by atoms with Gasteiger partial charge in [-0.2, -0.15) is 0 Å². The van der Waals surface area contributed by atoms with E-state index in [0.29, 0.717) is 5.92 Å². The first-order chi connectivity index (χ1) is 8.33. The highest BCUT2D eigenvalue weighted by atomic mass is 16.2. The van der Waals surface area contributed by atoms with Crippen LogP contribution >= 0.6 is 0 Å². The lowest BCUT2D eigenvalue weighted by Crippen LogP contribution is -2.26. The predicted octanol–water partition coefficient (Wildman–Crippen LogP) is 3.10. The van der Waals surface area contributed by atoms with Gasteiger partial charge in [0.15, 0.2) is 0 Å². The zero-order valence-electron chi connectivity index (χ0n) is 10.5. The van der Waals surface area contributed by atoms with Crippen molar-refractivity contribution in [2.75, 3.05) is 6.54 Å². The van der Waals surface area contributed by atoms with E-state index in [0.717, 1.165) is 19.4 Å². The van der Waals surface area contributed by atoms with E-state index in [-0.39, 0.29) is 11.8 Å². The van der Waals surface area contributed by atoms with Crippen molar-refractivity contribution < 1.29 is 4.79 Å². The third-order valence-corrected chi connectivity index (χ3v) is 3.43. The van der Waals surface area contributed by atoms with E-state index in [1.54, 1.807) is 0 Å². The first-order valence-electron chi connectivity index (χ1n) is 6.65. The van der Waals surface area contributed by atoms with Gasteiger partial charge in [0, 0.05) is 12.5 Å². The van der Waals surface area contributed by atoms with Crippen LogP contribution in [0.4, 0.5) is 0 Å². The molecule has 0 heterocycles. The number of carbonyl (C=O) groups is 1. The van der Waals surface area contributed by atoms with E-state index in [2.05, 4.69) is 24.4 Å². The zero-order chi connectivity index (χ0) is 12.1. The number of unbranched alkanes of at least 4 members (excludes halogenated alkanes) is 2. The van der Waals surface area contributed by atoms with Crippen LogP contribution in [0.3, 0.4) is 0 Å². The summed E-state index contributed by atoms with van der Waals surface area (Å²) in [6.07, 6.45) is 4.52. The van der Waals surface area contributed by atoms with Crippen LogP contribution in [0.15, 0.2) is 30.3 Å². The van der Waals surface area contributed by atoms with E-state index < -0.39 is 0 Å². The van der Waals surface area contributed by atoms with Crippen molar-refractivity contribution in [3.8, 4) is 0 Å². The number of hydrogen-bond acceptors (Lipinski definition) is 1. The predicted molar refractivity (Wildman–Crippen MR) is 69.8 cm³/mol. The van der Waals surface area contributed by atoms with E-state index in [1.807, 2.05) is 18.2 Å². The summed E-state index contributed by atoms with van der Waals surface area (Å²) in [5.41, 5.74) is 1.31. The van der Waals surface area contributed by atoms with Crippen molar-refractivity contribution in [1.82, 2.24) is 5.32 Å². The monoisotopic (exact) mass is 231 g/mol. The van der Waals surface area contributed by atoms with Gasteiger partial charge in [-0.05, 0) is 24.3 Å². The second kappa shape index (κ2) is 5.85. The summed E-state index contributed by atoms with van der Waals surface area (Å²) < 4.78 is 0. The minimum Gasteiger partial charge on any atom is -0.356 e. The van der Waals surface area contributed by atoms with Crippen LogP contribution in [0.2, 0.25) is 0 Å². The van der Waals surface area contributed by atoms with Crippen LogP contribution in [0.25, 0.3) is 0 Å². The molecular weight excluding hydrogens is 210 g/mol. The topological polar surface area (TPSA) is 29.1 Å². The average molecular weight is 231 g/mol. The van der Waals surface area contributed by atoms with Gasteiger partial charge >= 0.3 is 0 Å². The minimum absolute atomic E-state index is 0.221. The number of nitrogens with one attached hydrogen (secondary N) is 1. The van der Waals surface area contributed by atoms with Gasteiger partial charge in [0.05, 0.1) is 0 Å². The Hall–Kier alpha value is -1.31. The summed E-state index contributed by atoms with van der Waals surface area (Å²) >= 11 is 0. The Morgan fingerprint density at radius 1 is 1.29 bits per heavy atom. The standard InChI is InChI=1S/C15H21NO/c1-2-3-7-10-16-15(17)14-11-13(14)12-8-5-4-6-9-12/h4-6,8-9,13-14H,2-3,7,10-11H2,1H3,(H,16,17). The Balaban J connectivity index is 1.73. The van der Waals surface area contributed by atoms with Crippen LogP contribution in [0.1, 0.15) is 44.1 Å². The minimum atomic E-state index is 0.221. The Labute approximate surface area is 103 Å². The first kappa shape index (κ1) is 12.2. The quantitative estimate of drug-likeness (QED) is 0.749. The number of hydrogen-bond donors (Lipinski definition) is 1. The highest BCUT2D eigenvalue weighted by molar-refractivity contribution is 5.82. The number of carbonyl (C=O) groups excluding carboxylic acids is 1. The Morgan fingerprint density at radius 3 is 2.76 bits per heavy atom. The second-order valence-electron chi connectivity index (χ2n) is 4.86. The van der Waals surface area contributed by atoms with Gasteiger partial charge in [0.25, 0.3) is 0 Å². The molecule has 17 heavy (non-hydrogen) atoms. The maximum atomic E-state index is 11.8. The fraction of sp³-hybridized carbons (Fsp3) is 0.533. The third kappa shape index (κ3) is 3.32. The van der Waals surface area contributed by atoms with Crippen LogP contribution in [-0.2, 0) is 4.79 Å². The molecule has 0 aromatic heterocycles. The number of rotatable bonds is 6. The lowest BCUT2D eigenvalue weighted by Gasteiger charge is -2.04. The molecular formula is C15H21NO. The Kier molecular flexibility index (Phi) is 4.18. The van der Waals surface area contributed by atoms with Gasteiger partial charge in [0.2, 0.25) is 5.91 Å². The fourth-order valence-electron chi connectivity index (χ4n) is 2.27. The molecule has 1 aromatic rings. The molecule has 2 rings (SSSR count). The first-order valence-corrected chi connectivity index (χ1v) is 6.65. The molecule has 0 bridgehead atoms. The summed E-state index contributed by atoms with van der Waals surface area (Å²) in [5, 5.41) is 3.04. The lowest BCUT2D eigenvalue weighted by molar-refractivity contribution is -0.122. The van der Waals surface area contributed by atoms with Gasteiger partial charge in [-0.15, -0.1) is 0 Å². The highest BCUT2D eigenvalue weighted by Crippen LogP contribution is 2.47. The van der Waals surface area contributed by atoms with Gasteiger partial charge in [-0.25, -0.2) is 0 Å². The molecule has 2 heteroatoms. The summed E-state index contributed by atoms with van der Waals surface area (Å²) in [7, 11) is 0. The molecule has 2 unspecified atom stereocenters. The molecule has 1 N–H and O–H groups in total. The second-order valence-corrected chi connectivity index (χ2v) is 4.86.